The normalized spacial score (nSPS) is 37.2. The zero-order chi connectivity index (χ0) is 16.5. The quantitative estimate of drug-likeness (QED) is 0.700. The summed E-state index contributed by atoms with van der Waals surface area (Å²) in [5.74, 6) is 1.26. The second kappa shape index (κ2) is 4.64. The van der Waals surface area contributed by atoms with Crippen LogP contribution < -0.4 is 4.67 Å². The summed E-state index contributed by atoms with van der Waals surface area (Å²) in [5.41, 5.74) is 2.03. The topological polar surface area (TPSA) is 38.8 Å². The Labute approximate surface area is 138 Å². The van der Waals surface area contributed by atoms with Gasteiger partial charge in [0.1, 0.15) is 5.76 Å². The fourth-order valence-corrected chi connectivity index (χ4v) is 6.61. The van der Waals surface area contributed by atoms with Gasteiger partial charge in [0.05, 0.1) is 18.0 Å². The molecule has 2 aliphatic carbocycles. The summed E-state index contributed by atoms with van der Waals surface area (Å²) in [6, 6.07) is 9.85. The van der Waals surface area contributed by atoms with Crippen molar-refractivity contribution in [3.63, 3.8) is 0 Å². The van der Waals surface area contributed by atoms with Gasteiger partial charge in [0.2, 0.25) is 0 Å². The van der Waals surface area contributed by atoms with E-state index in [-0.39, 0.29) is 10.8 Å². The van der Waals surface area contributed by atoms with Crippen LogP contribution in [0, 0.1) is 16.7 Å². The highest BCUT2D eigenvalue weighted by molar-refractivity contribution is 7.56. The maximum absolute atomic E-state index is 13.5. The predicted octanol–water partition coefficient (Wildman–Crippen LogP) is 5.34. The number of allylic oxidation sites excluding steroid dienone is 2. The van der Waals surface area contributed by atoms with E-state index in [4.69, 9.17) is 9.05 Å². The zero-order valence-corrected chi connectivity index (χ0v) is 15.1. The number of nitrogens with zero attached hydrogens (tertiary/aromatic N) is 1. The average Bonchev–Trinajstić information content (AvgIpc) is 2.99. The van der Waals surface area contributed by atoms with Crippen LogP contribution in [0.15, 0.2) is 41.8 Å². The van der Waals surface area contributed by atoms with Crippen LogP contribution in [0.1, 0.15) is 40.5 Å². The highest BCUT2D eigenvalue weighted by atomic mass is 31.2. The van der Waals surface area contributed by atoms with Crippen molar-refractivity contribution in [1.29, 1.82) is 0 Å². The average molecular weight is 333 g/mol. The second-order valence-corrected chi connectivity index (χ2v) is 9.26. The van der Waals surface area contributed by atoms with E-state index in [1.165, 1.54) is 0 Å². The number of fused-ring (bicyclic) bond motifs is 4. The fourth-order valence-electron chi connectivity index (χ4n) is 4.60. The minimum absolute atomic E-state index is 0.0662. The second-order valence-electron chi connectivity index (χ2n) is 7.48. The molecule has 0 saturated heterocycles. The molecule has 3 aliphatic rings. The Morgan fingerprint density at radius 1 is 1.30 bits per heavy atom. The molecule has 1 fully saturated rings. The van der Waals surface area contributed by atoms with Crippen LogP contribution in [0.5, 0.6) is 0 Å². The number of para-hydroxylation sites is 1. The van der Waals surface area contributed by atoms with E-state index in [1.807, 2.05) is 41.9 Å². The van der Waals surface area contributed by atoms with Gasteiger partial charge in [-0.1, -0.05) is 39.0 Å². The molecular weight excluding hydrogens is 309 g/mol. The van der Waals surface area contributed by atoms with Crippen LogP contribution in [0.25, 0.3) is 0 Å². The Bertz CT molecular complexity index is 727. The first-order valence-electron chi connectivity index (χ1n) is 8.39. The van der Waals surface area contributed by atoms with E-state index in [1.54, 1.807) is 0 Å². The smallest absolute Gasteiger partial charge is 0.411 e. The SMILES string of the molecule is CCOP1(=O)OC2=C(C3CCC2(C)C3(C)C)N1c1ccccc1. The first kappa shape index (κ1) is 15.3. The van der Waals surface area contributed by atoms with Crippen LogP contribution in [0.2, 0.25) is 0 Å². The number of anilines is 1. The van der Waals surface area contributed by atoms with Crippen molar-refractivity contribution in [3.05, 3.63) is 41.8 Å². The lowest BCUT2D eigenvalue weighted by Crippen LogP contribution is -2.32. The van der Waals surface area contributed by atoms with E-state index in [0.29, 0.717) is 12.5 Å². The van der Waals surface area contributed by atoms with Gasteiger partial charge in [0.25, 0.3) is 0 Å². The molecule has 0 radical (unpaired) electrons. The third-order valence-corrected chi connectivity index (χ3v) is 8.20. The van der Waals surface area contributed by atoms with E-state index in [2.05, 4.69) is 20.8 Å². The Balaban J connectivity index is 1.89. The minimum Gasteiger partial charge on any atom is -0.411 e. The molecule has 1 saturated carbocycles. The predicted molar refractivity (Wildman–Crippen MR) is 90.9 cm³/mol. The first-order chi connectivity index (χ1) is 10.9. The lowest BCUT2D eigenvalue weighted by molar-refractivity contribution is 0.118. The molecule has 1 aromatic carbocycles. The molecule has 1 aliphatic heterocycles. The van der Waals surface area contributed by atoms with Crippen LogP contribution in [-0.2, 0) is 13.6 Å². The van der Waals surface area contributed by atoms with E-state index in [9.17, 15) is 4.57 Å². The Morgan fingerprint density at radius 2 is 2.00 bits per heavy atom. The van der Waals surface area contributed by atoms with Crippen LogP contribution >= 0.6 is 7.75 Å². The van der Waals surface area contributed by atoms with Gasteiger partial charge >= 0.3 is 7.75 Å². The summed E-state index contributed by atoms with van der Waals surface area (Å²) < 4.78 is 27.1. The van der Waals surface area contributed by atoms with Gasteiger partial charge in [-0.15, -0.1) is 0 Å². The molecule has 0 spiro atoms. The molecule has 3 atom stereocenters. The van der Waals surface area contributed by atoms with Crippen molar-refractivity contribution < 1.29 is 13.6 Å². The molecule has 4 nitrogen and oxygen atoms in total. The summed E-state index contributed by atoms with van der Waals surface area (Å²) in [6.07, 6.45) is 2.19. The van der Waals surface area contributed by atoms with Crippen molar-refractivity contribution in [2.75, 3.05) is 11.3 Å². The summed E-state index contributed by atoms with van der Waals surface area (Å²) in [6.45, 7) is 9.09. The van der Waals surface area contributed by atoms with Crippen LogP contribution in [0.3, 0.4) is 0 Å². The molecule has 1 heterocycles. The Hall–Kier alpha value is -1.25. The third-order valence-electron chi connectivity index (χ3n) is 6.26. The van der Waals surface area contributed by atoms with Crippen LogP contribution in [0.4, 0.5) is 5.69 Å². The van der Waals surface area contributed by atoms with Crippen molar-refractivity contribution in [2.24, 2.45) is 16.7 Å². The van der Waals surface area contributed by atoms with Crippen molar-refractivity contribution in [1.82, 2.24) is 0 Å². The molecular formula is C18H24NO3P. The van der Waals surface area contributed by atoms with Gasteiger partial charge in [-0.2, -0.15) is 0 Å². The lowest BCUT2D eigenvalue weighted by Gasteiger charge is -2.38. The molecule has 124 valence electrons. The number of rotatable bonds is 3. The molecule has 0 N–H and O–H groups in total. The molecule has 4 rings (SSSR count). The maximum Gasteiger partial charge on any atom is 0.493 e. The van der Waals surface area contributed by atoms with E-state index in [0.717, 1.165) is 30.0 Å². The molecule has 0 aromatic heterocycles. The molecule has 2 bridgehead atoms. The number of hydrogen-bond acceptors (Lipinski definition) is 3. The summed E-state index contributed by atoms with van der Waals surface area (Å²) in [7, 11) is -3.35. The highest BCUT2D eigenvalue weighted by Gasteiger charge is 2.68. The van der Waals surface area contributed by atoms with Crippen molar-refractivity contribution in [2.45, 2.75) is 40.5 Å². The standard InChI is InChI=1S/C18H24NO3P/c1-5-21-23(20)19(13-9-7-6-8-10-13)15-14-11-12-18(4,16(15)22-23)17(14,2)3/h6-10,14H,5,11-12H2,1-4H3. The summed E-state index contributed by atoms with van der Waals surface area (Å²) in [4.78, 5) is 0. The van der Waals surface area contributed by atoms with Gasteiger partial charge in [0, 0.05) is 11.3 Å². The van der Waals surface area contributed by atoms with E-state index < -0.39 is 7.75 Å². The van der Waals surface area contributed by atoms with Gasteiger partial charge in [-0.25, -0.2) is 9.24 Å². The van der Waals surface area contributed by atoms with E-state index >= 15 is 0 Å². The third kappa shape index (κ3) is 1.74. The fraction of sp³-hybridized carbons (Fsp3) is 0.556. The van der Waals surface area contributed by atoms with Gasteiger partial charge in [-0.05, 0) is 37.3 Å². The zero-order valence-electron chi connectivity index (χ0n) is 14.2. The maximum atomic E-state index is 13.5. The molecule has 23 heavy (non-hydrogen) atoms. The minimum atomic E-state index is -3.35. The summed E-state index contributed by atoms with van der Waals surface area (Å²) >= 11 is 0. The van der Waals surface area contributed by atoms with Gasteiger partial charge in [-0.3, -0.25) is 4.52 Å². The summed E-state index contributed by atoms with van der Waals surface area (Å²) in [5, 5.41) is 0. The monoisotopic (exact) mass is 333 g/mol. The highest BCUT2D eigenvalue weighted by Crippen LogP contribution is 2.77. The van der Waals surface area contributed by atoms with Crippen LogP contribution in [-0.4, -0.2) is 6.61 Å². The van der Waals surface area contributed by atoms with Gasteiger partial charge in [0.15, 0.2) is 0 Å². The number of hydrogen-bond donors (Lipinski definition) is 0. The molecule has 1 aromatic rings. The molecule has 0 amide bonds. The lowest BCUT2D eigenvalue weighted by atomic mass is 9.70. The Kier molecular flexibility index (Phi) is 3.09. The Morgan fingerprint density at radius 3 is 2.65 bits per heavy atom. The van der Waals surface area contributed by atoms with Crippen molar-refractivity contribution in [3.8, 4) is 0 Å². The molecule has 3 unspecified atom stereocenters. The first-order valence-corrected chi connectivity index (χ1v) is 9.89. The molecule has 5 heteroatoms. The number of benzene rings is 1. The van der Waals surface area contributed by atoms with Crippen molar-refractivity contribution >= 4 is 13.4 Å². The van der Waals surface area contributed by atoms with Gasteiger partial charge < -0.3 is 4.52 Å². The largest absolute Gasteiger partial charge is 0.493 e.